The van der Waals surface area contributed by atoms with Crippen LogP contribution in [0.2, 0.25) is 0 Å². The van der Waals surface area contributed by atoms with Crippen LogP contribution in [0, 0.1) is 11.8 Å². The Hall–Kier alpha value is -3.60. The van der Waals surface area contributed by atoms with E-state index < -0.39 is 0 Å². The fourth-order valence-corrected chi connectivity index (χ4v) is 10.5. The maximum Gasteiger partial charge on any atom is 0.131 e. The molecule has 0 atom stereocenters. The van der Waals surface area contributed by atoms with E-state index in [-0.39, 0.29) is 0 Å². The number of hydrogen-bond acceptors (Lipinski definition) is 5. The van der Waals surface area contributed by atoms with Crippen LogP contribution in [0.5, 0.6) is 11.5 Å². The molecule has 0 aliphatic heterocycles. The van der Waals surface area contributed by atoms with Crippen molar-refractivity contribution >= 4 is 0 Å². The molecule has 0 unspecified atom stereocenters. The van der Waals surface area contributed by atoms with Crippen LogP contribution in [0.25, 0.3) is 0 Å². The lowest BCUT2D eigenvalue weighted by Crippen LogP contribution is -2.18. The number of aromatic nitrogens is 4. The summed E-state index contributed by atoms with van der Waals surface area (Å²) in [5, 5.41) is 0. The zero-order valence-electron chi connectivity index (χ0n) is 40.5. The van der Waals surface area contributed by atoms with Crippen LogP contribution in [0.15, 0.2) is 61.2 Å². The molecule has 0 saturated heterocycles. The van der Waals surface area contributed by atoms with Crippen molar-refractivity contribution in [3.63, 3.8) is 0 Å². The van der Waals surface area contributed by atoms with Gasteiger partial charge in [0.2, 0.25) is 0 Å². The van der Waals surface area contributed by atoms with Gasteiger partial charge in [0, 0.05) is 36.6 Å². The van der Waals surface area contributed by atoms with E-state index in [2.05, 4.69) is 88.9 Å². The highest BCUT2D eigenvalue weighted by Crippen LogP contribution is 2.41. The van der Waals surface area contributed by atoms with Crippen molar-refractivity contribution in [1.29, 1.82) is 0 Å². The van der Waals surface area contributed by atoms with Crippen molar-refractivity contribution < 1.29 is 4.74 Å². The molecule has 2 heterocycles. The van der Waals surface area contributed by atoms with E-state index in [4.69, 9.17) is 24.7 Å². The number of ether oxygens (including phenoxy) is 1. The molecule has 6 rings (SSSR count). The first kappa shape index (κ1) is 48.8. The molecule has 0 radical (unpaired) electrons. The van der Waals surface area contributed by atoms with Crippen LogP contribution >= 0.6 is 0 Å². The van der Waals surface area contributed by atoms with Crippen molar-refractivity contribution in [3.8, 4) is 11.5 Å². The zero-order valence-corrected chi connectivity index (χ0v) is 40.5. The van der Waals surface area contributed by atoms with E-state index in [1.54, 1.807) is 0 Å². The minimum absolute atomic E-state index is 0.479. The van der Waals surface area contributed by atoms with E-state index in [1.807, 2.05) is 0 Å². The molecule has 2 aromatic carbocycles. The maximum atomic E-state index is 7.18. The first-order valence-electron chi connectivity index (χ1n) is 26.6. The Morgan fingerprint density at radius 2 is 0.730 bits per heavy atom. The van der Waals surface area contributed by atoms with Gasteiger partial charge in [-0.05, 0) is 173 Å². The molecule has 63 heavy (non-hydrogen) atoms. The predicted octanol–water partition coefficient (Wildman–Crippen LogP) is 16.6. The number of unbranched alkanes of at least 4 members (excludes halogenated alkanes) is 12. The SMILES string of the molecule is CCCCCCCc1ccc(Oc2ccc(CCCCCCC)cc2CC2CCC(c3ncc(CCCCC)cn3)CC2)c(CC2CCC(c3ncc(CCCCC)cn3)CC2)c1. The molecule has 5 nitrogen and oxygen atoms in total. The van der Waals surface area contributed by atoms with Gasteiger partial charge in [-0.1, -0.05) is 129 Å². The number of aryl methyl sites for hydroxylation is 4. The summed E-state index contributed by atoms with van der Waals surface area (Å²) in [4.78, 5) is 19.6. The van der Waals surface area contributed by atoms with Crippen LogP contribution < -0.4 is 4.74 Å². The first-order valence-corrected chi connectivity index (χ1v) is 26.6. The standard InChI is InChI=1S/C58H86N4O/c1-5-9-13-15-19-21-45-29-35-55(53(37-45)39-47-25-31-51(32-26-47)57-59-41-49(42-60-57)23-17-11-7-3)63-56-36-30-46(22-20-16-14-10-6-2)38-54(56)40-48-27-33-52(34-28-48)58-61-43-50(44-62-58)24-18-12-8-4/h29-30,35-38,41-44,47-48,51-52H,5-28,31-34,39-40H2,1-4H3. The van der Waals surface area contributed by atoms with E-state index >= 15 is 0 Å². The predicted molar refractivity (Wildman–Crippen MR) is 265 cm³/mol. The lowest BCUT2D eigenvalue weighted by molar-refractivity contribution is 0.312. The molecule has 2 fully saturated rings. The first-order chi connectivity index (χ1) is 31.0. The van der Waals surface area contributed by atoms with E-state index in [1.165, 1.54) is 187 Å². The monoisotopic (exact) mass is 855 g/mol. The van der Waals surface area contributed by atoms with Gasteiger partial charge in [-0.15, -0.1) is 0 Å². The highest BCUT2D eigenvalue weighted by atomic mass is 16.5. The molecular formula is C58H86N4O. The summed E-state index contributed by atoms with van der Waals surface area (Å²) in [7, 11) is 0. The van der Waals surface area contributed by atoms with Crippen molar-refractivity contribution in [1.82, 2.24) is 19.9 Å². The van der Waals surface area contributed by atoms with Gasteiger partial charge in [0.25, 0.3) is 0 Å². The molecule has 2 aliphatic rings. The average molecular weight is 855 g/mol. The van der Waals surface area contributed by atoms with Crippen LogP contribution in [0.4, 0.5) is 0 Å². The molecule has 2 aromatic heterocycles. The van der Waals surface area contributed by atoms with Gasteiger partial charge in [0.15, 0.2) is 0 Å². The smallest absolute Gasteiger partial charge is 0.131 e. The number of benzene rings is 2. The third kappa shape index (κ3) is 16.4. The second-order valence-electron chi connectivity index (χ2n) is 20.0. The summed E-state index contributed by atoms with van der Waals surface area (Å²) < 4.78 is 7.18. The van der Waals surface area contributed by atoms with Crippen LogP contribution in [0.3, 0.4) is 0 Å². The molecule has 2 saturated carbocycles. The minimum atomic E-state index is 0.479. The second kappa shape index (κ2) is 27.7. The molecule has 4 aromatic rings. The van der Waals surface area contributed by atoms with Crippen LogP contribution in [-0.2, 0) is 38.5 Å². The van der Waals surface area contributed by atoms with E-state index in [0.29, 0.717) is 23.7 Å². The zero-order chi connectivity index (χ0) is 43.9. The van der Waals surface area contributed by atoms with Gasteiger partial charge in [0.1, 0.15) is 23.1 Å². The number of rotatable bonds is 28. The minimum Gasteiger partial charge on any atom is -0.457 e. The molecule has 0 N–H and O–H groups in total. The van der Waals surface area contributed by atoms with Crippen LogP contribution in [-0.4, -0.2) is 19.9 Å². The van der Waals surface area contributed by atoms with Gasteiger partial charge in [-0.25, -0.2) is 19.9 Å². The summed E-state index contributed by atoms with van der Waals surface area (Å²) in [5.41, 5.74) is 8.33. The van der Waals surface area contributed by atoms with Crippen molar-refractivity contribution in [2.75, 3.05) is 0 Å². The third-order valence-electron chi connectivity index (χ3n) is 14.6. The van der Waals surface area contributed by atoms with E-state index in [0.717, 1.165) is 61.7 Å². The lowest BCUT2D eigenvalue weighted by Gasteiger charge is -2.29. The second-order valence-corrected chi connectivity index (χ2v) is 20.0. The highest BCUT2D eigenvalue weighted by Gasteiger charge is 2.27. The van der Waals surface area contributed by atoms with Crippen molar-refractivity contribution in [2.45, 2.75) is 232 Å². The largest absolute Gasteiger partial charge is 0.457 e. The summed E-state index contributed by atoms with van der Waals surface area (Å²) in [6.45, 7) is 9.14. The molecule has 5 heteroatoms. The fraction of sp³-hybridized carbons (Fsp3) is 0.655. The topological polar surface area (TPSA) is 60.8 Å². The Bertz CT molecular complexity index is 1700. The van der Waals surface area contributed by atoms with Gasteiger partial charge >= 0.3 is 0 Å². The Labute approximate surface area is 384 Å². The highest BCUT2D eigenvalue weighted by molar-refractivity contribution is 5.45. The summed E-state index contributed by atoms with van der Waals surface area (Å²) >= 11 is 0. The summed E-state index contributed by atoms with van der Waals surface area (Å²) in [6, 6.07) is 14.4. The number of nitrogens with zero attached hydrogens (tertiary/aromatic N) is 4. The maximum absolute atomic E-state index is 7.18. The van der Waals surface area contributed by atoms with Gasteiger partial charge in [0.05, 0.1) is 0 Å². The molecule has 2 aliphatic carbocycles. The lowest BCUT2D eigenvalue weighted by atomic mass is 9.78. The average Bonchev–Trinajstić information content (AvgIpc) is 3.31. The molecule has 0 amide bonds. The van der Waals surface area contributed by atoms with E-state index in [9.17, 15) is 0 Å². The molecule has 0 spiro atoms. The summed E-state index contributed by atoms with van der Waals surface area (Å²) in [5.74, 6) is 6.53. The van der Waals surface area contributed by atoms with Gasteiger partial charge in [-0.2, -0.15) is 0 Å². The van der Waals surface area contributed by atoms with Crippen LogP contribution in [0.1, 0.15) is 239 Å². The molecular weight excluding hydrogens is 769 g/mol. The number of hydrogen-bond donors (Lipinski definition) is 0. The normalized spacial score (nSPS) is 19.0. The molecule has 344 valence electrons. The third-order valence-corrected chi connectivity index (χ3v) is 14.6. The summed E-state index contributed by atoms with van der Waals surface area (Å²) in [6.07, 6.45) is 45.3. The Balaban J connectivity index is 1.14. The molecule has 0 bridgehead atoms. The van der Waals surface area contributed by atoms with Gasteiger partial charge in [-0.3, -0.25) is 0 Å². The fourth-order valence-electron chi connectivity index (χ4n) is 10.5. The Morgan fingerprint density at radius 1 is 0.397 bits per heavy atom. The quantitative estimate of drug-likeness (QED) is 0.0533. The van der Waals surface area contributed by atoms with Crippen molar-refractivity contribution in [3.05, 3.63) is 106 Å². The van der Waals surface area contributed by atoms with Gasteiger partial charge < -0.3 is 4.74 Å². The van der Waals surface area contributed by atoms with Crippen molar-refractivity contribution in [2.24, 2.45) is 11.8 Å². The Morgan fingerprint density at radius 3 is 1.11 bits per heavy atom. The Kier molecular flexibility index (Phi) is 21.4.